The molecule has 0 spiro atoms. The maximum Gasteiger partial charge on any atom is 0.303 e. The number of hydrogen-bond acceptors (Lipinski definition) is 4. The molecule has 1 N–H and O–H groups in total. The zero-order chi connectivity index (χ0) is 19.3. The molecule has 2 aromatic rings. The molecule has 0 bridgehead atoms. The molecule has 0 saturated carbocycles. The summed E-state index contributed by atoms with van der Waals surface area (Å²) in [6, 6.07) is 14.7. The van der Waals surface area contributed by atoms with Crippen LogP contribution < -0.4 is 4.72 Å². The molecule has 0 saturated heterocycles. The third kappa shape index (κ3) is 5.39. The number of aryl methyl sites for hydroxylation is 1. The summed E-state index contributed by atoms with van der Waals surface area (Å²) in [5.74, 6) is -0.504. The molecule has 0 aliphatic heterocycles. The second-order valence-electron chi connectivity index (χ2n) is 5.80. The Balaban J connectivity index is 2.40. The van der Waals surface area contributed by atoms with Crippen molar-refractivity contribution in [2.45, 2.75) is 30.9 Å². The van der Waals surface area contributed by atoms with E-state index in [1.54, 1.807) is 36.4 Å². The average Bonchev–Trinajstić information content (AvgIpc) is 2.58. The van der Waals surface area contributed by atoms with Crippen LogP contribution in [0.3, 0.4) is 0 Å². The quantitative estimate of drug-likeness (QED) is 0.477. The normalized spacial score (nSPS) is 13.7. The summed E-state index contributed by atoms with van der Waals surface area (Å²) in [4.78, 5) is 11.7. The van der Waals surface area contributed by atoms with Crippen molar-refractivity contribution in [3.8, 4) is 0 Å². The van der Waals surface area contributed by atoms with Gasteiger partial charge in [0.05, 0.1) is 10.9 Å². The van der Waals surface area contributed by atoms with Gasteiger partial charge in [-0.15, -0.1) is 0 Å². The van der Waals surface area contributed by atoms with Crippen molar-refractivity contribution < 1.29 is 17.9 Å². The Morgan fingerprint density at radius 3 is 2.19 bits per heavy atom. The topological polar surface area (TPSA) is 72.5 Å². The van der Waals surface area contributed by atoms with E-state index in [0.717, 1.165) is 5.56 Å². The van der Waals surface area contributed by atoms with Crippen LogP contribution in [0.15, 0.2) is 69.7 Å². The third-order valence-electron chi connectivity index (χ3n) is 3.67. The smallest absolute Gasteiger partial charge is 0.303 e. The van der Waals surface area contributed by atoms with E-state index in [4.69, 9.17) is 4.74 Å². The van der Waals surface area contributed by atoms with Gasteiger partial charge in [0.25, 0.3) is 0 Å². The highest BCUT2D eigenvalue weighted by atomic mass is 127. The van der Waals surface area contributed by atoms with Gasteiger partial charge in [-0.2, -0.15) is 4.72 Å². The SMILES string of the molecule is C=C(I)[C@H](NS(=O)(=O)c1ccc(C)cc1)[C@@H](OC(C)=O)c1ccccc1. The summed E-state index contributed by atoms with van der Waals surface area (Å²) in [6.07, 6.45) is -0.821. The number of nitrogens with one attached hydrogen (secondary N) is 1. The number of carbonyl (C=O) groups excluding carboxylic acids is 1. The first-order chi connectivity index (χ1) is 12.2. The molecule has 0 fully saturated rings. The van der Waals surface area contributed by atoms with Crippen molar-refractivity contribution >= 4 is 38.6 Å². The molecule has 0 amide bonds. The van der Waals surface area contributed by atoms with Gasteiger partial charge in [0, 0.05) is 10.5 Å². The molecule has 0 radical (unpaired) electrons. The Morgan fingerprint density at radius 1 is 1.12 bits per heavy atom. The average molecular weight is 485 g/mol. The number of rotatable bonds is 7. The Labute approximate surface area is 167 Å². The van der Waals surface area contributed by atoms with E-state index in [2.05, 4.69) is 11.3 Å². The Morgan fingerprint density at radius 2 is 1.69 bits per heavy atom. The molecular weight excluding hydrogens is 465 g/mol. The van der Waals surface area contributed by atoms with E-state index in [9.17, 15) is 13.2 Å². The Bertz CT molecular complexity index is 880. The molecule has 2 atom stereocenters. The summed E-state index contributed by atoms with van der Waals surface area (Å²) in [5.41, 5.74) is 1.64. The van der Waals surface area contributed by atoms with E-state index in [-0.39, 0.29) is 4.90 Å². The number of sulfonamides is 1. The molecule has 5 nitrogen and oxygen atoms in total. The number of benzene rings is 2. The van der Waals surface area contributed by atoms with E-state index >= 15 is 0 Å². The van der Waals surface area contributed by atoms with Gasteiger partial charge in [0.2, 0.25) is 10.0 Å². The van der Waals surface area contributed by atoms with Gasteiger partial charge in [-0.1, -0.05) is 54.6 Å². The van der Waals surface area contributed by atoms with Crippen molar-refractivity contribution in [1.29, 1.82) is 0 Å². The van der Waals surface area contributed by atoms with Crippen molar-refractivity contribution in [2.24, 2.45) is 0 Å². The van der Waals surface area contributed by atoms with Crippen molar-refractivity contribution in [3.05, 3.63) is 75.9 Å². The summed E-state index contributed by atoms with van der Waals surface area (Å²) < 4.78 is 34.1. The Hall–Kier alpha value is -1.71. The molecule has 0 aliphatic rings. The summed E-state index contributed by atoms with van der Waals surface area (Å²) in [6.45, 7) is 7.04. The highest BCUT2D eigenvalue weighted by Gasteiger charge is 2.32. The molecule has 0 unspecified atom stereocenters. The predicted octanol–water partition coefficient (Wildman–Crippen LogP) is 3.90. The minimum atomic E-state index is -3.82. The molecular formula is C19H20INO4S. The van der Waals surface area contributed by atoms with Crippen molar-refractivity contribution in [2.75, 3.05) is 0 Å². The number of halogens is 1. The van der Waals surface area contributed by atoms with Gasteiger partial charge in [-0.05, 0) is 47.2 Å². The lowest BCUT2D eigenvalue weighted by atomic mass is 10.0. The van der Waals surface area contributed by atoms with Crippen LogP contribution in [0, 0.1) is 6.92 Å². The van der Waals surface area contributed by atoms with Crippen LogP contribution in [0.1, 0.15) is 24.2 Å². The fourth-order valence-electron chi connectivity index (χ4n) is 2.39. The van der Waals surface area contributed by atoms with E-state index in [1.165, 1.54) is 19.1 Å². The lowest BCUT2D eigenvalue weighted by Gasteiger charge is -2.27. The third-order valence-corrected chi connectivity index (χ3v) is 5.80. The van der Waals surface area contributed by atoms with Gasteiger partial charge in [-0.25, -0.2) is 8.42 Å². The zero-order valence-electron chi connectivity index (χ0n) is 14.5. The molecule has 0 aromatic heterocycles. The maximum absolute atomic E-state index is 12.8. The van der Waals surface area contributed by atoms with Crippen LogP contribution in [-0.2, 0) is 19.6 Å². The lowest BCUT2D eigenvalue weighted by molar-refractivity contribution is -0.147. The number of hydrogen-bond donors (Lipinski definition) is 1. The number of esters is 1. The predicted molar refractivity (Wildman–Crippen MR) is 109 cm³/mol. The molecule has 26 heavy (non-hydrogen) atoms. The highest BCUT2D eigenvalue weighted by molar-refractivity contribution is 14.1. The van der Waals surface area contributed by atoms with Crippen LogP contribution in [0.4, 0.5) is 0 Å². The van der Waals surface area contributed by atoms with Crippen LogP contribution >= 0.6 is 22.6 Å². The molecule has 0 aliphatic carbocycles. The zero-order valence-corrected chi connectivity index (χ0v) is 17.5. The minimum Gasteiger partial charge on any atom is -0.456 e. The molecule has 2 rings (SSSR count). The second-order valence-corrected chi connectivity index (χ2v) is 8.90. The van der Waals surface area contributed by atoms with E-state index in [0.29, 0.717) is 9.14 Å². The van der Waals surface area contributed by atoms with Crippen LogP contribution in [-0.4, -0.2) is 20.4 Å². The molecule has 2 aromatic carbocycles. The van der Waals surface area contributed by atoms with Gasteiger partial charge in [-0.3, -0.25) is 4.79 Å². The molecule has 7 heteroatoms. The first kappa shape index (κ1) is 20.6. The van der Waals surface area contributed by atoms with Gasteiger partial charge in [0.15, 0.2) is 0 Å². The number of carbonyl (C=O) groups is 1. The summed E-state index contributed by atoms with van der Waals surface area (Å²) in [5, 5.41) is 0. The number of ether oxygens (including phenoxy) is 1. The van der Waals surface area contributed by atoms with Crippen molar-refractivity contribution in [3.63, 3.8) is 0 Å². The highest BCUT2D eigenvalue weighted by Crippen LogP contribution is 2.29. The van der Waals surface area contributed by atoms with Gasteiger partial charge < -0.3 is 4.74 Å². The fraction of sp³-hybridized carbons (Fsp3) is 0.211. The second kappa shape index (κ2) is 8.79. The van der Waals surface area contributed by atoms with Gasteiger partial charge in [0.1, 0.15) is 6.10 Å². The maximum atomic E-state index is 12.8. The first-order valence-electron chi connectivity index (χ1n) is 7.86. The Kier molecular flexibility index (Phi) is 6.96. The summed E-state index contributed by atoms with van der Waals surface area (Å²) in [7, 11) is -3.82. The van der Waals surface area contributed by atoms with Crippen molar-refractivity contribution in [1.82, 2.24) is 4.72 Å². The first-order valence-corrected chi connectivity index (χ1v) is 10.4. The molecule has 0 heterocycles. The van der Waals surface area contributed by atoms with Crippen LogP contribution in [0.25, 0.3) is 0 Å². The largest absolute Gasteiger partial charge is 0.456 e. The summed E-state index contributed by atoms with van der Waals surface area (Å²) >= 11 is 1.95. The minimum absolute atomic E-state index is 0.139. The molecule has 138 valence electrons. The van der Waals surface area contributed by atoms with Crippen LogP contribution in [0.2, 0.25) is 0 Å². The monoisotopic (exact) mass is 485 g/mol. The van der Waals surface area contributed by atoms with E-state index < -0.39 is 28.1 Å². The lowest BCUT2D eigenvalue weighted by Crippen LogP contribution is -2.40. The van der Waals surface area contributed by atoms with Gasteiger partial charge >= 0.3 is 5.97 Å². The fourth-order valence-corrected chi connectivity index (χ4v) is 4.32. The van der Waals surface area contributed by atoms with E-state index in [1.807, 2.05) is 35.6 Å². The standard InChI is InChI=1S/C19H20INO4S/c1-13-9-11-17(12-10-13)26(23,24)21-18(14(2)20)19(25-15(3)22)16-7-5-4-6-8-16/h4-12,18-19,21H,2H2,1,3H3/t18-,19-/m0/s1. The van der Waals surface area contributed by atoms with Crippen LogP contribution in [0.5, 0.6) is 0 Å².